The molecule has 1 atom stereocenters. The van der Waals surface area contributed by atoms with E-state index in [1.807, 2.05) is 0 Å². The van der Waals surface area contributed by atoms with Crippen molar-refractivity contribution in [3.63, 3.8) is 0 Å². The van der Waals surface area contributed by atoms with Gasteiger partial charge in [0.1, 0.15) is 23.3 Å². The number of phenols is 1. The maximum atomic E-state index is 13.4. The highest BCUT2D eigenvalue weighted by atomic mass is 16.5. The highest BCUT2D eigenvalue weighted by Gasteiger charge is 2.24. The fourth-order valence-electron chi connectivity index (χ4n) is 3.94. The van der Waals surface area contributed by atoms with E-state index in [9.17, 15) is 19.5 Å². The fraction of sp³-hybridized carbons (Fsp3) is 0.129. The van der Waals surface area contributed by atoms with Crippen molar-refractivity contribution in [3.8, 4) is 17.2 Å². The topological polar surface area (TPSA) is 126 Å². The van der Waals surface area contributed by atoms with Gasteiger partial charge >= 0.3 is 0 Å². The van der Waals surface area contributed by atoms with E-state index in [-0.39, 0.29) is 17.7 Å². The number of rotatable bonds is 10. The first-order valence-corrected chi connectivity index (χ1v) is 12.4. The van der Waals surface area contributed by atoms with Gasteiger partial charge in [-0.15, -0.1) is 0 Å². The second kappa shape index (κ2) is 13.0. The van der Waals surface area contributed by atoms with Crippen molar-refractivity contribution < 1.29 is 29.0 Å². The predicted molar refractivity (Wildman–Crippen MR) is 152 cm³/mol. The van der Waals surface area contributed by atoms with Gasteiger partial charge in [-0.3, -0.25) is 14.4 Å². The molecular formula is C31H29N3O6. The van der Waals surface area contributed by atoms with Crippen molar-refractivity contribution in [3.05, 3.63) is 114 Å². The van der Waals surface area contributed by atoms with E-state index in [2.05, 4.69) is 16.0 Å². The quantitative estimate of drug-likeness (QED) is 0.233. The summed E-state index contributed by atoms with van der Waals surface area (Å²) in [6.07, 6.45) is 0.161. The Morgan fingerprint density at radius 3 is 1.95 bits per heavy atom. The Balaban J connectivity index is 1.54. The van der Waals surface area contributed by atoms with Crippen molar-refractivity contribution in [2.24, 2.45) is 0 Å². The minimum absolute atomic E-state index is 0.0912. The lowest BCUT2D eigenvalue weighted by atomic mass is 10.0. The van der Waals surface area contributed by atoms with E-state index in [1.165, 1.54) is 19.2 Å². The van der Waals surface area contributed by atoms with E-state index in [0.717, 1.165) is 5.56 Å². The van der Waals surface area contributed by atoms with Crippen LogP contribution in [-0.2, 0) is 11.2 Å². The molecule has 40 heavy (non-hydrogen) atoms. The number of amides is 3. The second-order valence-corrected chi connectivity index (χ2v) is 8.84. The molecule has 0 spiro atoms. The van der Waals surface area contributed by atoms with Crippen molar-refractivity contribution in [1.82, 2.24) is 5.32 Å². The number of ether oxygens (including phenoxy) is 2. The molecule has 3 amide bonds. The van der Waals surface area contributed by atoms with Gasteiger partial charge in [0.2, 0.25) is 5.91 Å². The molecule has 0 aliphatic carbocycles. The molecule has 0 aromatic heterocycles. The Morgan fingerprint density at radius 1 is 0.725 bits per heavy atom. The monoisotopic (exact) mass is 539 g/mol. The molecule has 0 aliphatic rings. The average molecular weight is 540 g/mol. The van der Waals surface area contributed by atoms with Crippen LogP contribution in [0.4, 0.5) is 11.4 Å². The van der Waals surface area contributed by atoms with E-state index in [4.69, 9.17) is 9.47 Å². The van der Waals surface area contributed by atoms with Gasteiger partial charge in [-0.25, -0.2) is 0 Å². The van der Waals surface area contributed by atoms with Gasteiger partial charge in [-0.1, -0.05) is 24.3 Å². The number of nitrogens with one attached hydrogen (secondary N) is 3. The van der Waals surface area contributed by atoms with Gasteiger partial charge in [-0.2, -0.15) is 0 Å². The molecule has 0 saturated carbocycles. The summed E-state index contributed by atoms with van der Waals surface area (Å²) in [5.41, 5.74) is 2.13. The molecule has 4 aromatic carbocycles. The summed E-state index contributed by atoms with van der Waals surface area (Å²) in [5, 5.41) is 18.0. The predicted octanol–water partition coefficient (Wildman–Crippen LogP) is 4.64. The van der Waals surface area contributed by atoms with Crippen LogP contribution in [0.3, 0.4) is 0 Å². The van der Waals surface area contributed by atoms with Gasteiger partial charge in [-0.05, 0) is 78.4 Å². The number of hydrogen-bond acceptors (Lipinski definition) is 6. The number of phenolic OH excluding ortho intramolecular Hbond substituents is 1. The maximum absolute atomic E-state index is 13.4. The number of aromatic hydroxyl groups is 1. The van der Waals surface area contributed by atoms with E-state index in [1.54, 1.807) is 92.0 Å². The Hall–Kier alpha value is -5.31. The SMILES string of the molecule is COc1ccc(NC(=O)[C@H](Cc2ccc(O)cc2)NC(=O)c2ccccc2NC(=O)c2ccc(OC)cc2)cc1. The molecule has 0 saturated heterocycles. The molecule has 4 N–H and O–H groups in total. The van der Waals surface area contributed by atoms with Crippen molar-refractivity contribution in [2.45, 2.75) is 12.5 Å². The lowest BCUT2D eigenvalue weighted by molar-refractivity contribution is -0.118. The molecule has 4 rings (SSSR count). The van der Waals surface area contributed by atoms with E-state index < -0.39 is 23.8 Å². The first kappa shape index (κ1) is 27.7. The van der Waals surface area contributed by atoms with Crippen molar-refractivity contribution in [2.75, 3.05) is 24.9 Å². The van der Waals surface area contributed by atoms with Crippen molar-refractivity contribution in [1.29, 1.82) is 0 Å². The summed E-state index contributed by atoms with van der Waals surface area (Å²) in [6.45, 7) is 0. The Kier molecular flexibility index (Phi) is 8.99. The third kappa shape index (κ3) is 7.16. The van der Waals surface area contributed by atoms with Crippen LogP contribution in [0.25, 0.3) is 0 Å². The summed E-state index contributed by atoms with van der Waals surface area (Å²) in [5.74, 6) is -0.0378. The summed E-state index contributed by atoms with van der Waals surface area (Å²) in [7, 11) is 3.09. The molecule has 0 fully saturated rings. The average Bonchev–Trinajstić information content (AvgIpc) is 2.98. The molecule has 9 heteroatoms. The molecule has 0 aliphatic heterocycles. The van der Waals surface area contributed by atoms with Crippen LogP contribution in [0.15, 0.2) is 97.1 Å². The Morgan fingerprint density at radius 2 is 1.32 bits per heavy atom. The van der Waals surface area contributed by atoms with Gasteiger partial charge in [0.05, 0.1) is 25.5 Å². The minimum atomic E-state index is -0.968. The molecule has 204 valence electrons. The fourth-order valence-corrected chi connectivity index (χ4v) is 3.94. The normalized spacial score (nSPS) is 11.2. The largest absolute Gasteiger partial charge is 0.508 e. The number of anilines is 2. The van der Waals surface area contributed by atoms with Gasteiger partial charge in [0, 0.05) is 17.7 Å². The van der Waals surface area contributed by atoms with Crippen LogP contribution < -0.4 is 25.4 Å². The minimum Gasteiger partial charge on any atom is -0.508 e. The Labute approximate surface area is 231 Å². The zero-order valence-corrected chi connectivity index (χ0v) is 22.0. The number of carbonyl (C=O) groups excluding carboxylic acids is 3. The first-order valence-electron chi connectivity index (χ1n) is 12.4. The maximum Gasteiger partial charge on any atom is 0.255 e. The number of para-hydroxylation sites is 1. The number of benzene rings is 4. The van der Waals surface area contributed by atoms with Crippen molar-refractivity contribution >= 4 is 29.1 Å². The Bertz CT molecular complexity index is 1470. The molecule has 0 unspecified atom stereocenters. The summed E-state index contributed by atoms with van der Waals surface area (Å²) in [4.78, 5) is 39.6. The lowest BCUT2D eigenvalue weighted by Gasteiger charge is -2.20. The highest BCUT2D eigenvalue weighted by Crippen LogP contribution is 2.20. The third-order valence-electron chi connectivity index (χ3n) is 6.13. The summed E-state index contributed by atoms with van der Waals surface area (Å²) < 4.78 is 10.3. The molecule has 0 bridgehead atoms. The molecule has 0 radical (unpaired) electrons. The van der Waals surface area contributed by atoms with Gasteiger partial charge in [0.15, 0.2) is 0 Å². The molecule has 4 aromatic rings. The molecular weight excluding hydrogens is 510 g/mol. The van der Waals surface area contributed by atoms with E-state index in [0.29, 0.717) is 28.4 Å². The molecule has 9 nitrogen and oxygen atoms in total. The first-order chi connectivity index (χ1) is 19.4. The van der Waals surface area contributed by atoms with Crippen LogP contribution in [-0.4, -0.2) is 43.1 Å². The zero-order valence-electron chi connectivity index (χ0n) is 22.0. The van der Waals surface area contributed by atoms with Gasteiger partial charge in [0.25, 0.3) is 11.8 Å². The summed E-state index contributed by atoms with van der Waals surface area (Å²) >= 11 is 0. The van der Waals surface area contributed by atoms with Crippen LogP contribution in [0.5, 0.6) is 17.2 Å². The smallest absolute Gasteiger partial charge is 0.255 e. The number of carbonyl (C=O) groups is 3. The standard InChI is InChI=1S/C31H29N3O6/c1-39-24-15-9-21(10-16-24)29(36)33-27-6-4-3-5-26(27)30(37)34-28(19-20-7-13-23(35)14-8-20)31(38)32-22-11-17-25(40-2)18-12-22/h3-18,28,35H,19H2,1-2H3,(H,32,38)(H,33,36)(H,34,37)/t28-/m0/s1. The number of hydrogen-bond donors (Lipinski definition) is 4. The van der Waals surface area contributed by atoms with Crippen LogP contribution in [0.1, 0.15) is 26.3 Å². The van der Waals surface area contributed by atoms with E-state index >= 15 is 0 Å². The molecule has 0 heterocycles. The summed E-state index contributed by atoms with van der Waals surface area (Å²) in [6, 6.07) is 25.4. The van der Waals surface area contributed by atoms with Crippen LogP contribution >= 0.6 is 0 Å². The highest BCUT2D eigenvalue weighted by molar-refractivity contribution is 6.10. The third-order valence-corrected chi connectivity index (χ3v) is 6.13. The van der Waals surface area contributed by atoms with Crippen LogP contribution in [0, 0.1) is 0 Å². The van der Waals surface area contributed by atoms with Gasteiger partial charge < -0.3 is 30.5 Å². The van der Waals surface area contributed by atoms with Crippen LogP contribution in [0.2, 0.25) is 0 Å². The lowest BCUT2D eigenvalue weighted by Crippen LogP contribution is -2.45. The second-order valence-electron chi connectivity index (χ2n) is 8.84. The number of methoxy groups -OCH3 is 2. The zero-order chi connectivity index (χ0) is 28.5.